The van der Waals surface area contributed by atoms with E-state index in [1.807, 2.05) is 46.0 Å². The Labute approximate surface area is 199 Å². The fourth-order valence-corrected chi connectivity index (χ4v) is 5.35. The van der Waals surface area contributed by atoms with E-state index >= 15 is 0 Å². The molecule has 1 amide bonds. The van der Waals surface area contributed by atoms with Crippen molar-refractivity contribution >= 4 is 17.7 Å². The fraction of sp³-hybridized carbons (Fsp3) is 0.250. The van der Waals surface area contributed by atoms with Crippen molar-refractivity contribution in [3.8, 4) is 28.4 Å². The Hall–Kier alpha value is -3.47. The number of nitrogens with zero attached hydrogens (tertiary/aromatic N) is 5. The summed E-state index contributed by atoms with van der Waals surface area (Å²) in [6, 6.07) is 15.8. The van der Waals surface area contributed by atoms with Crippen LogP contribution in [0, 0.1) is 0 Å². The van der Waals surface area contributed by atoms with Crippen molar-refractivity contribution in [2.75, 3.05) is 26.3 Å². The molecule has 2 aromatic carbocycles. The van der Waals surface area contributed by atoms with Gasteiger partial charge in [0.15, 0.2) is 11.5 Å². The lowest BCUT2D eigenvalue weighted by Gasteiger charge is -2.26. The second-order valence-corrected chi connectivity index (χ2v) is 9.02. The summed E-state index contributed by atoms with van der Waals surface area (Å²) in [7, 11) is 0. The summed E-state index contributed by atoms with van der Waals surface area (Å²) >= 11 is 1.72. The highest BCUT2D eigenvalue weighted by Gasteiger charge is 2.32. The minimum Gasteiger partial charge on any atom is -0.388 e. The van der Waals surface area contributed by atoms with Gasteiger partial charge in [0.25, 0.3) is 11.8 Å². The van der Waals surface area contributed by atoms with Crippen LogP contribution in [-0.2, 0) is 17.1 Å². The van der Waals surface area contributed by atoms with Gasteiger partial charge in [-0.25, -0.2) is 4.68 Å². The summed E-state index contributed by atoms with van der Waals surface area (Å²) in [6.45, 7) is 1.90. The summed E-state index contributed by atoms with van der Waals surface area (Å²) in [6.07, 6.45) is 0. The first-order valence-corrected chi connectivity index (χ1v) is 12.0. The van der Waals surface area contributed by atoms with Gasteiger partial charge in [-0.05, 0) is 24.3 Å². The number of hydrogen-bond donors (Lipinski definition) is 1. The van der Waals surface area contributed by atoms with Crippen LogP contribution in [-0.4, -0.2) is 62.1 Å². The summed E-state index contributed by atoms with van der Waals surface area (Å²) in [5.41, 5.74) is 4.86. The Morgan fingerprint density at radius 1 is 1.12 bits per heavy atom. The maximum Gasteiger partial charge on any atom is 0.274 e. The third kappa shape index (κ3) is 3.60. The maximum absolute atomic E-state index is 13.5. The van der Waals surface area contributed by atoms with Gasteiger partial charge in [-0.1, -0.05) is 29.4 Å². The van der Waals surface area contributed by atoms with Crippen molar-refractivity contribution < 1.29 is 19.2 Å². The molecule has 0 bridgehead atoms. The molecular formula is C24H21N5O4S. The van der Waals surface area contributed by atoms with Crippen LogP contribution < -0.4 is 0 Å². The smallest absolute Gasteiger partial charge is 0.274 e. The Morgan fingerprint density at radius 2 is 1.97 bits per heavy atom. The minimum absolute atomic E-state index is 0.0704. The average Bonchev–Trinajstić information content (AvgIpc) is 3.54. The number of hydrogen-bond acceptors (Lipinski definition) is 8. The van der Waals surface area contributed by atoms with Crippen molar-refractivity contribution in [1.82, 2.24) is 24.8 Å². The van der Waals surface area contributed by atoms with Gasteiger partial charge >= 0.3 is 0 Å². The fourth-order valence-electron chi connectivity index (χ4n) is 4.28. The van der Waals surface area contributed by atoms with Gasteiger partial charge < -0.3 is 19.3 Å². The zero-order valence-electron chi connectivity index (χ0n) is 18.2. The van der Waals surface area contributed by atoms with Gasteiger partial charge in [0.1, 0.15) is 6.61 Å². The topological polar surface area (TPSA) is 107 Å². The van der Waals surface area contributed by atoms with E-state index in [4.69, 9.17) is 14.4 Å². The minimum atomic E-state index is -0.294. The molecule has 34 heavy (non-hydrogen) atoms. The van der Waals surface area contributed by atoms with E-state index in [-0.39, 0.29) is 18.3 Å². The second-order valence-electron chi connectivity index (χ2n) is 8.00. The quantitative estimate of drug-likeness (QED) is 0.480. The number of rotatable bonds is 4. The molecule has 1 fully saturated rings. The van der Waals surface area contributed by atoms with E-state index < -0.39 is 0 Å². The molecule has 0 radical (unpaired) electrons. The van der Waals surface area contributed by atoms with Gasteiger partial charge in [-0.2, -0.15) is 10.1 Å². The van der Waals surface area contributed by atoms with E-state index in [9.17, 15) is 9.90 Å². The molecule has 4 aromatic rings. The summed E-state index contributed by atoms with van der Waals surface area (Å²) < 4.78 is 12.6. The molecule has 0 unspecified atom stereocenters. The lowest BCUT2D eigenvalue weighted by molar-refractivity contribution is 0.0298. The first-order chi connectivity index (χ1) is 16.7. The SMILES string of the molecule is O=C(c1nn(-c2cccc(-c3nc(CO)no3)c2)c2c1CSc1ccccc1-2)N1CCOCC1. The largest absolute Gasteiger partial charge is 0.388 e. The molecule has 1 saturated heterocycles. The van der Waals surface area contributed by atoms with Crippen molar-refractivity contribution in [2.45, 2.75) is 17.3 Å². The van der Waals surface area contributed by atoms with Crippen LogP contribution in [0.2, 0.25) is 0 Å². The van der Waals surface area contributed by atoms with Crippen LogP contribution in [0.3, 0.4) is 0 Å². The van der Waals surface area contributed by atoms with Crippen molar-refractivity contribution in [3.05, 3.63) is 65.6 Å². The highest BCUT2D eigenvalue weighted by Crippen LogP contribution is 2.44. The monoisotopic (exact) mass is 475 g/mol. The second kappa shape index (κ2) is 8.71. The molecule has 172 valence electrons. The van der Waals surface area contributed by atoms with Crippen molar-refractivity contribution in [3.63, 3.8) is 0 Å². The highest BCUT2D eigenvalue weighted by molar-refractivity contribution is 7.98. The van der Waals surface area contributed by atoms with Crippen molar-refractivity contribution in [1.29, 1.82) is 0 Å². The molecule has 0 atom stereocenters. The summed E-state index contributed by atoms with van der Waals surface area (Å²) in [4.78, 5) is 20.7. The lowest BCUT2D eigenvalue weighted by Crippen LogP contribution is -2.41. The third-order valence-corrected chi connectivity index (χ3v) is 7.05. The molecular weight excluding hydrogens is 454 g/mol. The zero-order chi connectivity index (χ0) is 23.1. The number of amides is 1. The molecule has 0 aliphatic carbocycles. The number of aliphatic hydroxyl groups is 1. The molecule has 6 rings (SSSR count). The summed E-state index contributed by atoms with van der Waals surface area (Å²) in [5, 5.41) is 17.9. The molecule has 1 N–H and O–H groups in total. The van der Waals surface area contributed by atoms with Crippen LogP contribution in [0.5, 0.6) is 0 Å². The number of carbonyl (C=O) groups excluding carboxylic acids is 1. The van der Waals surface area contributed by atoms with Gasteiger partial charge in [0.05, 0.1) is 24.6 Å². The maximum atomic E-state index is 13.5. The molecule has 2 aromatic heterocycles. The predicted molar refractivity (Wildman–Crippen MR) is 124 cm³/mol. The predicted octanol–water partition coefficient (Wildman–Crippen LogP) is 3.16. The van der Waals surface area contributed by atoms with Crippen LogP contribution >= 0.6 is 11.8 Å². The van der Waals surface area contributed by atoms with Crippen LogP contribution in [0.25, 0.3) is 28.4 Å². The number of aromatic nitrogens is 4. The van der Waals surface area contributed by atoms with Gasteiger partial charge in [-0.3, -0.25) is 4.79 Å². The first kappa shape index (κ1) is 21.1. The zero-order valence-corrected chi connectivity index (χ0v) is 19.0. The highest BCUT2D eigenvalue weighted by atomic mass is 32.2. The van der Waals surface area contributed by atoms with Crippen LogP contribution in [0.4, 0.5) is 0 Å². The average molecular weight is 476 g/mol. The Kier molecular flexibility index (Phi) is 5.40. The number of aliphatic hydroxyl groups excluding tert-OH is 1. The number of fused-ring (bicyclic) bond motifs is 3. The van der Waals surface area contributed by atoms with Crippen molar-refractivity contribution in [2.24, 2.45) is 0 Å². The lowest BCUT2D eigenvalue weighted by atomic mass is 10.0. The van der Waals surface area contributed by atoms with E-state index in [2.05, 4.69) is 22.3 Å². The number of morpholine rings is 1. The van der Waals surface area contributed by atoms with E-state index in [1.54, 1.807) is 11.8 Å². The Bertz CT molecular complexity index is 1380. The van der Waals surface area contributed by atoms with Crippen LogP contribution in [0.1, 0.15) is 21.9 Å². The van der Waals surface area contributed by atoms with Gasteiger partial charge in [0, 0.05) is 40.4 Å². The normalized spacial score (nSPS) is 15.1. The molecule has 0 saturated carbocycles. The number of ether oxygens (including phenoxy) is 1. The van der Waals surface area contributed by atoms with Crippen LogP contribution in [0.15, 0.2) is 57.9 Å². The van der Waals surface area contributed by atoms with E-state index in [0.29, 0.717) is 49.2 Å². The Morgan fingerprint density at radius 3 is 2.79 bits per heavy atom. The Balaban J connectivity index is 1.49. The number of thioether (sulfide) groups is 1. The molecule has 0 spiro atoms. The summed E-state index contributed by atoms with van der Waals surface area (Å²) in [5.74, 6) is 1.13. The molecule has 2 aliphatic rings. The van der Waals surface area contributed by atoms with E-state index in [0.717, 1.165) is 27.4 Å². The molecule has 2 aliphatic heterocycles. The van der Waals surface area contributed by atoms with Gasteiger partial charge in [-0.15, -0.1) is 11.8 Å². The molecule has 4 heterocycles. The molecule has 9 nitrogen and oxygen atoms in total. The van der Waals surface area contributed by atoms with Gasteiger partial charge in [0.2, 0.25) is 0 Å². The van der Waals surface area contributed by atoms with E-state index in [1.165, 1.54) is 0 Å². The number of carbonyl (C=O) groups is 1. The number of benzene rings is 2. The standard InChI is InChI=1S/C24H21N5O4S/c30-13-20-25-23(33-27-20)15-4-3-5-16(12-15)29-22-17-6-1-2-7-19(17)34-14-18(22)21(26-29)24(31)28-8-10-32-11-9-28/h1-7,12,30H,8-11,13-14H2. The third-order valence-electron chi connectivity index (χ3n) is 5.95. The first-order valence-electron chi connectivity index (χ1n) is 11.0. The molecule has 10 heteroatoms.